The van der Waals surface area contributed by atoms with Crippen molar-refractivity contribution < 1.29 is 42.1 Å². The van der Waals surface area contributed by atoms with Crippen molar-refractivity contribution in [3.05, 3.63) is 41.5 Å². The number of aliphatic carboxylic acids is 1. The Bertz CT molecular complexity index is 931. The van der Waals surface area contributed by atoms with Gasteiger partial charge in [0.15, 0.2) is 0 Å². The highest BCUT2D eigenvalue weighted by Crippen LogP contribution is 2.30. The van der Waals surface area contributed by atoms with Crippen LogP contribution in [0.5, 0.6) is 0 Å². The molecule has 0 atom stereocenters. The molecule has 2 aromatic rings. The Morgan fingerprint density at radius 3 is 2.27 bits per heavy atom. The molecule has 4 N–H and O–H groups in total. The number of carboxylic acids is 2. The lowest BCUT2D eigenvalue weighted by Crippen LogP contribution is -2.21. The first kappa shape index (κ1) is 23.0. The maximum Gasteiger partial charge on any atom is 0.490 e. The number of alkyl halides is 3. The normalized spacial score (nSPS) is 14.5. The van der Waals surface area contributed by atoms with Crippen molar-refractivity contribution in [2.45, 2.75) is 24.9 Å². The first-order chi connectivity index (χ1) is 14.0. The molecule has 0 saturated carbocycles. The fraction of sp³-hybridized carbons (Fsp3) is 0.333. The van der Waals surface area contributed by atoms with Crippen LogP contribution in [-0.2, 0) is 9.53 Å². The second kappa shape index (κ2) is 9.48. The van der Waals surface area contributed by atoms with Gasteiger partial charge in [0.2, 0.25) is 0 Å². The molecule has 0 aliphatic carbocycles. The van der Waals surface area contributed by atoms with E-state index in [2.05, 4.69) is 9.97 Å². The maximum atomic E-state index is 13.9. The number of benzene rings is 1. The standard InChI is InChI=1S/C16H16FN3O3.C2HF3O2/c17-12-7-10(1-2-11(12)16(21)22)14-15(18)19-8-13(20-14)9-3-5-23-6-4-9;3-2(4,5)1(6)7/h1-2,7-9H,3-6H2,(H2,18,19)(H,21,22);(H,6,7). The van der Waals surface area contributed by atoms with Crippen LogP contribution in [0.2, 0.25) is 0 Å². The number of aromatic nitrogens is 2. The zero-order chi connectivity index (χ0) is 22.5. The molecule has 1 aromatic heterocycles. The molecule has 1 aliphatic rings. The highest BCUT2D eigenvalue weighted by molar-refractivity contribution is 5.88. The third kappa shape index (κ3) is 5.86. The highest BCUT2D eigenvalue weighted by Gasteiger charge is 2.38. The zero-order valence-corrected chi connectivity index (χ0v) is 15.3. The summed E-state index contributed by atoms with van der Waals surface area (Å²) in [6.45, 7) is 1.35. The third-order valence-electron chi connectivity index (χ3n) is 4.17. The molecule has 2 heterocycles. The number of anilines is 1. The van der Waals surface area contributed by atoms with E-state index in [0.717, 1.165) is 24.6 Å². The summed E-state index contributed by atoms with van der Waals surface area (Å²) in [5.74, 6) is -4.48. The maximum absolute atomic E-state index is 13.9. The molecule has 1 aliphatic heterocycles. The Morgan fingerprint density at radius 2 is 1.77 bits per heavy atom. The number of hydrogen-bond donors (Lipinski definition) is 3. The Morgan fingerprint density at radius 1 is 1.17 bits per heavy atom. The van der Waals surface area contributed by atoms with E-state index >= 15 is 0 Å². The van der Waals surface area contributed by atoms with E-state index in [1.165, 1.54) is 12.1 Å². The molecule has 3 rings (SSSR count). The smallest absolute Gasteiger partial charge is 0.478 e. The number of carboxylic acid groups (broad SMARTS) is 2. The Kier molecular flexibility index (Phi) is 7.27. The number of nitrogens with zero attached hydrogens (tertiary/aromatic N) is 2. The fourth-order valence-electron chi connectivity index (χ4n) is 2.65. The molecular formula is C18H17F4N3O5. The quantitative estimate of drug-likeness (QED) is 0.631. The van der Waals surface area contributed by atoms with Crippen LogP contribution in [0.3, 0.4) is 0 Å². The molecule has 1 aromatic carbocycles. The second-order valence-corrected chi connectivity index (χ2v) is 6.22. The number of rotatable bonds is 3. The molecule has 0 unspecified atom stereocenters. The number of halogens is 4. The molecule has 0 radical (unpaired) electrons. The number of carbonyl (C=O) groups is 2. The summed E-state index contributed by atoms with van der Waals surface area (Å²) >= 11 is 0. The summed E-state index contributed by atoms with van der Waals surface area (Å²) in [6, 6.07) is 3.81. The highest BCUT2D eigenvalue weighted by atomic mass is 19.4. The summed E-state index contributed by atoms with van der Waals surface area (Å²) in [5, 5.41) is 16.0. The van der Waals surface area contributed by atoms with Gasteiger partial charge in [-0.15, -0.1) is 0 Å². The summed E-state index contributed by atoms with van der Waals surface area (Å²) in [7, 11) is 0. The van der Waals surface area contributed by atoms with Crippen LogP contribution < -0.4 is 5.73 Å². The minimum Gasteiger partial charge on any atom is -0.478 e. The Balaban J connectivity index is 0.000000396. The average molecular weight is 431 g/mol. The largest absolute Gasteiger partial charge is 0.490 e. The van der Waals surface area contributed by atoms with E-state index in [1.807, 2.05) is 0 Å². The molecule has 162 valence electrons. The van der Waals surface area contributed by atoms with Gasteiger partial charge in [0, 0.05) is 24.7 Å². The molecule has 30 heavy (non-hydrogen) atoms. The van der Waals surface area contributed by atoms with Gasteiger partial charge in [-0.05, 0) is 25.0 Å². The van der Waals surface area contributed by atoms with Gasteiger partial charge in [-0.25, -0.2) is 23.9 Å². The molecule has 1 saturated heterocycles. The first-order valence-corrected chi connectivity index (χ1v) is 8.54. The number of nitrogen functional groups attached to an aromatic ring is 1. The van der Waals surface area contributed by atoms with Crippen molar-refractivity contribution in [1.29, 1.82) is 0 Å². The van der Waals surface area contributed by atoms with E-state index < -0.39 is 23.9 Å². The monoisotopic (exact) mass is 431 g/mol. The molecule has 12 heteroatoms. The van der Waals surface area contributed by atoms with Gasteiger partial charge >= 0.3 is 18.1 Å². The summed E-state index contributed by atoms with van der Waals surface area (Å²) in [6.07, 6.45) is -1.74. The van der Waals surface area contributed by atoms with Crippen LogP contribution in [-0.4, -0.2) is 51.5 Å². The first-order valence-electron chi connectivity index (χ1n) is 8.54. The predicted molar refractivity (Wildman–Crippen MR) is 95.3 cm³/mol. The van der Waals surface area contributed by atoms with Crippen molar-refractivity contribution >= 4 is 17.8 Å². The lowest BCUT2D eigenvalue weighted by Gasteiger charge is -2.21. The average Bonchev–Trinajstić information content (AvgIpc) is 2.68. The van der Waals surface area contributed by atoms with Gasteiger partial charge < -0.3 is 20.7 Å². The lowest BCUT2D eigenvalue weighted by molar-refractivity contribution is -0.192. The van der Waals surface area contributed by atoms with Crippen LogP contribution in [0.4, 0.5) is 23.4 Å². The topological polar surface area (TPSA) is 136 Å². The van der Waals surface area contributed by atoms with Crippen molar-refractivity contribution in [3.8, 4) is 11.3 Å². The fourth-order valence-corrected chi connectivity index (χ4v) is 2.65. The molecule has 0 spiro atoms. The van der Waals surface area contributed by atoms with Crippen molar-refractivity contribution in [2.75, 3.05) is 18.9 Å². The summed E-state index contributed by atoms with van der Waals surface area (Å²) in [5.41, 5.74) is 7.04. The molecule has 0 bridgehead atoms. The van der Waals surface area contributed by atoms with Gasteiger partial charge in [0.25, 0.3) is 0 Å². The number of hydrogen-bond acceptors (Lipinski definition) is 6. The van der Waals surface area contributed by atoms with Crippen LogP contribution >= 0.6 is 0 Å². The predicted octanol–water partition coefficient (Wildman–Crippen LogP) is 3.09. The van der Waals surface area contributed by atoms with E-state index in [4.69, 9.17) is 25.5 Å². The molecule has 8 nitrogen and oxygen atoms in total. The van der Waals surface area contributed by atoms with Crippen molar-refractivity contribution in [3.63, 3.8) is 0 Å². The van der Waals surface area contributed by atoms with Gasteiger partial charge in [0.05, 0.1) is 17.5 Å². The number of ether oxygens (including phenoxy) is 1. The zero-order valence-electron chi connectivity index (χ0n) is 15.3. The van der Waals surface area contributed by atoms with Crippen LogP contribution in [0, 0.1) is 5.82 Å². The van der Waals surface area contributed by atoms with E-state index in [1.54, 1.807) is 6.20 Å². The minimum atomic E-state index is -5.08. The van der Waals surface area contributed by atoms with Crippen molar-refractivity contribution in [1.82, 2.24) is 9.97 Å². The lowest BCUT2D eigenvalue weighted by atomic mass is 9.96. The third-order valence-corrected chi connectivity index (χ3v) is 4.17. The minimum absolute atomic E-state index is 0.184. The Hall–Kier alpha value is -3.28. The SMILES string of the molecule is Nc1ncc(C2CCOCC2)nc1-c1ccc(C(=O)O)c(F)c1.O=C(O)C(F)(F)F. The summed E-state index contributed by atoms with van der Waals surface area (Å²) in [4.78, 5) is 28.5. The van der Waals surface area contributed by atoms with Crippen LogP contribution in [0.15, 0.2) is 24.4 Å². The van der Waals surface area contributed by atoms with Gasteiger partial charge in [-0.3, -0.25) is 0 Å². The van der Waals surface area contributed by atoms with Crippen molar-refractivity contribution in [2.24, 2.45) is 0 Å². The molecule has 0 amide bonds. The van der Waals surface area contributed by atoms with Crippen LogP contribution in [0.1, 0.15) is 34.8 Å². The van der Waals surface area contributed by atoms with Gasteiger partial charge in [0.1, 0.15) is 17.3 Å². The van der Waals surface area contributed by atoms with Gasteiger partial charge in [-0.1, -0.05) is 6.07 Å². The van der Waals surface area contributed by atoms with E-state index in [9.17, 15) is 22.4 Å². The molecular weight excluding hydrogens is 414 g/mol. The van der Waals surface area contributed by atoms with E-state index in [0.29, 0.717) is 24.5 Å². The number of nitrogens with two attached hydrogens (primary N) is 1. The summed E-state index contributed by atoms with van der Waals surface area (Å²) < 4.78 is 51.0. The Labute approximate surface area is 167 Å². The van der Waals surface area contributed by atoms with E-state index in [-0.39, 0.29) is 17.3 Å². The van der Waals surface area contributed by atoms with Crippen LogP contribution in [0.25, 0.3) is 11.3 Å². The molecule has 1 fully saturated rings. The number of aromatic carboxylic acids is 1. The van der Waals surface area contributed by atoms with Gasteiger partial charge in [-0.2, -0.15) is 13.2 Å². The second-order valence-electron chi connectivity index (χ2n) is 6.22.